The molecule has 0 saturated carbocycles. The summed E-state index contributed by atoms with van der Waals surface area (Å²) >= 11 is 0. The average molecular weight is 849 g/mol. The largest absolute Gasteiger partial charge is 3.00 e. The van der Waals surface area contributed by atoms with Crippen molar-refractivity contribution in [3.63, 3.8) is 0 Å². The summed E-state index contributed by atoms with van der Waals surface area (Å²) in [5, 5.41) is 0. The van der Waals surface area contributed by atoms with Crippen LogP contribution in [0, 0.1) is 46.9 Å². The molecule has 3 rings (SSSR count). The number of hydrogen-bond donors (Lipinski definition) is 0. The second-order valence-corrected chi connectivity index (χ2v) is 11.6. The Morgan fingerprint density at radius 3 is 0.744 bits per heavy atom. The van der Waals surface area contributed by atoms with Crippen LogP contribution in [0.5, 0.6) is 0 Å². The molecule has 0 spiro atoms. The van der Waals surface area contributed by atoms with Crippen molar-refractivity contribution in [2.45, 2.75) is 33.2 Å². The van der Waals surface area contributed by atoms with Gasteiger partial charge in [-0.3, -0.25) is 0 Å². The molecule has 0 aliphatic heterocycles. The van der Waals surface area contributed by atoms with Crippen molar-refractivity contribution in [2.24, 2.45) is 0 Å². The predicted molar refractivity (Wildman–Crippen MR) is 118 cm³/mol. The fourth-order valence-electron chi connectivity index (χ4n) is 2.48. The second kappa shape index (κ2) is 15.0. The standard InChI is InChI=1S/3C7H5F3O3S.Yb/c3*8-7(9,10)5-2-1-3-6(4-5)14(11,12)13;/h3*1-4H,(H,11,12,13);/q;;;+3/p-3. The Bertz CT molecular complexity index is 1520. The number of hydrogen-bond acceptors (Lipinski definition) is 9. The van der Waals surface area contributed by atoms with Gasteiger partial charge in [-0.05, 0) is 54.6 Å². The van der Waals surface area contributed by atoms with Gasteiger partial charge in [-0.1, -0.05) is 18.2 Å². The zero-order valence-electron chi connectivity index (χ0n) is 20.0. The Morgan fingerprint density at radius 1 is 0.419 bits per heavy atom. The summed E-state index contributed by atoms with van der Waals surface area (Å²) in [6.45, 7) is 0. The quantitative estimate of drug-likeness (QED) is 0.265. The van der Waals surface area contributed by atoms with Gasteiger partial charge in [-0.15, -0.1) is 0 Å². The van der Waals surface area contributed by atoms with E-state index < -0.39 is 80.3 Å². The third-order valence-electron chi connectivity index (χ3n) is 4.35. The topological polar surface area (TPSA) is 172 Å². The maximum atomic E-state index is 12.1. The van der Waals surface area contributed by atoms with E-state index in [1.807, 2.05) is 0 Å². The van der Waals surface area contributed by atoms with E-state index in [1.54, 1.807) is 0 Å². The first-order chi connectivity index (χ1) is 18.6. The number of halogens is 9. The van der Waals surface area contributed by atoms with Crippen molar-refractivity contribution in [2.75, 3.05) is 0 Å². The van der Waals surface area contributed by atoms with Crippen LogP contribution in [0.2, 0.25) is 0 Å². The Hall–Kier alpha value is -1.72. The van der Waals surface area contributed by atoms with E-state index in [-0.39, 0.29) is 46.9 Å². The third kappa shape index (κ3) is 14.3. The molecule has 0 aliphatic carbocycles. The molecule has 0 atom stereocenters. The predicted octanol–water partition coefficient (Wildman–Crippen LogP) is 4.83. The Kier molecular flexibility index (Phi) is 14.4. The SMILES string of the molecule is O=S(=O)([O-])c1cccc(C(F)(F)F)c1.O=S(=O)([O-])c1cccc(C(F)(F)F)c1.O=S(=O)([O-])c1cccc(C(F)(F)F)c1.[Yb+3]. The van der Waals surface area contributed by atoms with Gasteiger partial charge < -0.3 is 13.7 Å². The number of alkyl halides is 9. The third-order valence-corrected chi connectivity index (χ3v) is 6.84. The molecule has 0 unspecified atom stereocenters. The van der Waals surface area contributed by atoms with E-state index in [0.29, 0.717) is 36.4 Å². The zero-order chi connectivity index (χ0) is 32.9. The van der Waals surface area contributed by atoms with E-state index in [2.05, 4.69) is 0 Å². The molecule has 0 aliphatic rings. The first-order valence-corrected chi connectivity index (χ1v) is 14.3. The van der Waals surface area contributed by atoms with Crippen LogP contribution < -0.4 is 0 Å². The van der Waals surface area contributed by atoms with Crippen LogP contribution in [0.25, 0.3) is 0 Å². The van der Waals surface area contributed by atoms with Crippen molar-refractivity contribution >= 4 is 30.4 Å². The molecule has 0 amide bonds. The summed E-state index contributed by atoms with van der Waals surface area (Å²) in [7, 11) is -14.5. The molecule has 0 N–H and O–H groups in total. The van der Waals surface area contributed by atoms with Crippen LogP contribution in [0.1, 0.15) is 16.7 Å². The molecule has 0 bridgehead atoms. The molecule has 0 fully saturated rings. The van der Waals surface area contributed by atoms with Gasteiger partial charge in [0.05, 0.1) is 31.4 Å². The van der Waals surface area contributed by atoms with E-state index >= 15 is 0 Å². The van der Waals surface area contributed by atoms with Crippen molar-refractivity contribution < 1.29 is 125 Å². The van der Waals surface area contributed by atoms with E-state index in [4.69, 9.17) is 0 Å². The van der Waals surface area contributed by atoms with Crippen LogP contribution in [0.3, 0.4) is 0 Å². The first-order valence-electron chi connectivity index (χ1n) is 10.0. The minimum absolute atomic E-state index is 0. The molecule has 22 heteroatoms. The van der Waals surface area contributed by atoms with Gasteiger partial charge >= 0.3 is 65.5 Å². The van der Waals surface area contributed by atoms with Gasteiger partial charge in [0.2, 0.25) is 0 Å². The van der Waals surface area contributed by atoms with Crippen LogP contribution in [-0.2, 0) is 48.9 Å². The molecule has 0 aromatic heterocycles. The van der Waals surface area contributed by atoms with E-state index in [0.717, 1.165) is 36.4 Å². The van der Waals surface area contributed by atoms with Crippen LogP contribution in [0.15, 0.2) is 87.5 Å². The van der Waals surface area contributed by atoms with Gasteiger partial charge in [0.25, 0.3) is 0 Å². The van der Waals surface area contributed by atoms with Gasteiger partial charge in [0.15, 0.2) is 0 Å². The van der Waals surface area contributed by atoms with Crippen molar-refractivity contribution in [1.29, 1.82) is 0 Å². The molecular weight excluding hydrogens is 836 g/mol. The fourth-order valence-corrected chi connectivity index (χ4v) is 4.03. The Balaban J connectivity index is 0.000000608. The number of benzene rings is 3. The monoisotopic (exact) mass is 849 g/mol. The first kappa shape index (κ1) is 41.3. The van der Waals surface area contributed by atoms with Gasteiger partial charge in [-0.2, -0.15) is 39.5 Å². The Morgan fingerprint density at radius 2 is 0.605 bits per heavy atom. The average Bonchev–Trinajstić information content (AvgIpc) is 2.82. The zero-order valence-corrected chi connectivity index (χ0v) is 24.2. The molecule has 245 valence electrons. The van der Waals surface area contributed by atoms with E-state index in [9.17, 15) is 78.4 Å². The summed E-state index contributed by atoms with van der Waals surface area (Å²) in [6, 6.07) is 8.05. The summed E-state index contributed by atoms with van der Waals surface area (Å²) < 4.78 is 202. The molecular formula is C21H12F9O9S3Yb. The molecule has 9 nitrogen and oxygen atoms in total. The van der Waals surface area contributed by atoms with Crippen molar-refractivity contribution in [3.8, 4) is 0 Å². The minimum atomic E-state index is -4.84. The van der Waals surface area contributed by atoms with Crippen molar-refractivity contribution in [3.05, 3.63) is 89.5 Å². The molecule has 0 saturated heterocycles. The van der Waals surface area contributed by atoms with Crippen LogP contribution in [-0.4, -0.2) is 38.9 Å². The molecule has 43 heavy (non-hydrogen) atoms. The van der Waals surface area contributed by atoms with Gasteiger partial charge in [-0.25, -0.2) is 25.3 Å². The Labute approximate surface area is 276 Å². The normalized spacial score (nSPS) is 12.6. The summed E-state index contributed by atoms with van der Waals surface area (Å²) in [5.74, 6) is 0. The minimum Gasteiger partial charge on any atom is -0.744 e. The van der Waals surface area contributed by atoms with Gasteiger partial charge in [0, 0.05) is 0 Å². The summed E-state index contributed by atoms with van der Waals surface area (Å²) in [5.41, 5.74) is -3.47. The fraction of sp³-hybridized carbons (Fsp3) is 0.143. The maximum Gasteiger partial charge on any atom is 3.00 e. The van der Waals surface area contributed by atoms with Crippen LogP contribution in [0.4, 0.5) is 39.5 Å². The molecule has 0 heterocycles. The summed E-state index contributed by atoms with van der Waals surface area (Å²) in [6.07, 6.45) is -14.0. The van der Waals surface area contributed by atoms with Crippen molar-refractivity contribution in [1.82, 2.24) is 0 Å². The maximum absolute atomic E-state index is 12.1. The molecule has 3 aromatic carbocycles. The number of rotatable bonds is 3. The van der Waals surface area contributed by atoms with E-state index in [1.165, 1.54) is 0 Å². The second-order valence-electron chi connectivity index (χ2n) is 7.44. The molecule has 1 radical (unpaired) electrons. The summed E-state index contributed by atoms with van der Waals surface area (Å²) in [4.78, 5) is -2.65. The smallest absolute Gasteiger partial charge is 0.744 e. The van der Waals surface area contributed by atoms with Gasteiger partial charge in [0.1, 0.15) is 30.4 Å². The molecule has 3 aromatic rings. The van der Waals surface area contributed by atoms with Crippen LogP contribution >= 0.6 is 0 Å².